The number of pyridine rings is 3. The minimum Gasteiger partial charge on any atom is -0.454 e. The number of rotatable bonds is 4. The molecular weight excluding hydrogens is 351 g/mol. The first-order valence-corrected chi connectivity index (χ1v) is 7.94. The fourth-order valence-corrected chi connectivity index (χ4v) is 2.44. The van der Waals surface area contributed by atoms with Gasteiger partial charge in [0.1, 0.15) is 29.5 Å². The molecule has 0 saturated carbocycles. The number of hydrogen-bond acceptors (Lipinski definition) is 6. The molecule has 134 valence electrons. The molecule has 0 aliphatic rings. The normalized spacial score (nSPS) is 10.7. The zero-order valence-electron chi connectivity index (χ0n) is 14.1. The number of aromatic nitrogens is 5. The van der Waals surface area contributed by atoms with Gasteiger partial charge in [0, 0.05) is 12.3 Å². The lowest BCUT2D eigenvalue weighted by molar-refractivity contribution is 0.102. The zero-order valence-corrected chi connectivity index (χ0v) is 14.1. The molecule has 4 rings (SSSR count). The van der Waals surface area contributed by atoms with Crippen LogP contribution < -0.4 is 10.1 Å². The Balaban J connectivity index is 1.67. The molecule has 0 aromatic carbocycles. The van der Waals surface area contributed by atoms with E-state index in [1.54, 1.807) is 22.9 Å². The third-order valence-electron chi connectivity index (χ3n) is 3.68. The third-order valence-corrected chi connectivity index (χ3v) is 3.68. The van der Waals surface area contributed by atoms with Gasteiger partial charge in [-0.2, -0.15) is 0 Å². The van der Waals surface area contributed by atoms with Crippen molar-refractivity contribution in [2.45, 2.75) is 6.92 Å². The summed E-state index contributed by atoms with van der Waals surface area (Å²) in [6, 6.07) is 6.23. The van der Waals surface area contributed by atoms with Crippen LogP contribution in [0.15, 0.2) is 55.4 Å². The Kier molecular flexibility index (Phi) is 4.17. The van der Waals surface area contributed by atoms with Gasteiger partial charge >= 0.3 is 0 Å². The monoisotopic (exact) mass is 364 g/mol. The Morgan fingerprint density at radius 3 is 2.85 bits per heavy atom. The molecule has 4 aromatic rings. The second-order valence-corrected chi connectivity index (χ2v) is 5.77. The Bertz CT molecular complexity index is 1130. The number of aryl methyl sites for hydroxylation is 1. The van der Waals surface area contributed by atoms with Crippen LogP contribution in [0.1, 0.15) is 15.9 Å². The van der Waals surface area contributed by atoms with Crippen molar-refractivity contribution in [2.24, 2.45) is 0 Å². The Hall–Kier alpha value is -3.88. The number of nitrogens with zero attached hydrogens (tertiary/aromatic N) is 5. The van der Waals surface area contributed by atoms with E-state index in [0.717, 1.165) is 11.8 Å². The quantitative estimate of drug-likeness (QED) is 0.598. The van der Waals surface area contributed by atoms with Crippen LogP contribution in [0.2, 0.25) is 0 Å². The van der Waals surface area contributed by atoms with Crippen LogP contribution in [0.3, 0.4) is 0 Å². The minimum absolute atomic E-state index is 0.203. The summed E-state index contributed by atoms with van der Waals surface area (Å²) in [6.07, 6.45) is 7.12. The average Bonchev–Trinajstić information content (AvgIpc) is 3.11. The molecule has 1 N–H and O–H groups in total. The van der Waals surface area contributed by atoms with Crippen LogP contribution in [0.4, 0.5) is 10.2 Å². The molecule has 9 heteroatoms. The van der Waals surface area contributed by atoms with Crippen molar-refractivity contribution in [3.63, 3.8) is 0 Å². The van der Waals surface area contributed by atoms with E-state index in [1.807, 2.05) is 13.0 Å². The van der Waals surface area contributed by atoms with Crippen molar-refractivity contribution in [2.75, 3.05) is 5.32 Å². The van der Waals surface area contributed by atoms with Crippen LogP contribution in [-0.2, 0) is 0 Å². The summed E-state index contributed by atoms with van der Waals surface area (Å²) >= 11 is 0. The fraction of sp³-hybridized carbons (Fsp3) is 0.0556. The highest BCUT2D eigenvalue weighted by atomic mass is 19.1. The van der Waals surface area contributed by atoms with Gasteiger partial charge in [0.15, 0.2) is 5.65 Å². The summed E-state index contributed by atoms with van der Waals surface area (Å²) in [5.74, 6) is -0.0388. The van der Waals surface area contributed by atoms with Crippen molar-refractivity contribution in [3.8, 4) is 11.5 Å². The van der Waals surface area contributed by atoms with Crippen LogP contribution in [0.5, 0.6) is 11.5 Å². The maximum Gasteiger partial charge on any atom is 0.260 e. The highest BCUT2D eigenvalue weighted by molar-refractivity contribution is 6.08. The van der Waals surface area contributed by atoms with Crippen LogP contribution in [-0.4, -0.2) is 30.5 Å². The number of ether oxygens (including phenoxy) is 1. The SMILES string of the molecule is Cc1ccc(NC(=O)c2cc(Oc3cncc(F)c3)cn3cnnc23)nc1. The van der Waals surface area contributed by atoms with E-state index in [-0.39, 0.29) is 11.3 Å². The highest BCUT2D eigenvalue weighted by Gasteiger charge is 2.16. The van der Waals surface area contributed by atoms with Gasteiger partial charge < -0.3 is 10.1 Å². The van der Waals surface area contributed by atoms with E-state index in [2.05, 4.69) is 25.5 Å². The first-order chi connectivity index (χ1) is 13.1. The summed E-state index contributed by atoms with van der Waals surface area (Å²) in [6.45, 7) is 1.90. The summed E-state index contributed by atoms with van der Waals surface area (Å²) in [5, 5.41) is 10.5. The molecule has 0 fully saturated rings. The minimum atomic E-state index is -0.527. The molecule has 0 radical (unpaired) electrons. The second-order valence-electron chi connectivity index (χ2n) is 5.77. The van der Waals surface area contributed by atoms with Crippen molar-refractivity contribution in [3.05, 3.63) is 72.3 Å². The number of carbonyl (C=O) groups excluding carboxylic acids is 1. The maximum absolute atomic E-state index is 13.3. The van der Waals surface area contributed by atoms with Crippen LogP contribution in [0.25, 0.3) is 5.65 Å². The Morgan fingerprint density at radius 2 is 2.07 bits per heavy atom. The second kappa shape index (κ2) is 6.79. The number of fused-ring (bicyclic) bond motifs is 1. The van der Waals surface area contributed by atoms with Crippen molar-refractivity contribution in [1.29, 1.82) is 0 Å². The largest absolute Gasteiger partial charge is 0.454 e. The van der Waals surface area contributed by atoms with Crippen molar-refractivity contribution < 1.29 is 13.9 Å². The van der Waals surface area contributed by atoms with E-state index in [1.165, 1.54) is 24.7 Å². The molecule has 0 aliphatic carbocycles. The van der Waals surface area contributed by atoms with Gasteiger partial charge in [-0.25, -0.2) is 9.37 Å². The molecule has 0 saturated heterocycles. The molecule has 4 aromatic heterocycles. The fourth-order valence-electron chi connectivity index (χ4n) is 2.44. The van der Waals surface area contributed by atoms with Gasteiger partial charge in [-0.3, -0.25) is 14.2 Å². The Morgan fingerprint density at radius 1 is 1.19 bits per heavy atom. The molecule has 0 unspecified atom stereocenters. The first kappa shape index (κ1) is 16.6. The zero-order chi connectivity index (χ0) is 18.8. The van der Waals surface area contributed by atoms with Crippen LogP contribution >= 0.6 is 0 Å². The van der Waals surface area contributed by atoms with Gasteiger partial charge in [0.2, 0.25) is 0 Å². The topological polar surface area (TPSA) is 94.3 Å². The number of nitrogens with one attached hydrogen (secondary N) is 1. The van der Waals surface area contributed by atoms with E-state index < -0.39 is 11.7 Å². The van der Waals surface area contributed by atoms with E-state index in [0.29, 0.717) is 17.2 Å². The molecular formula is C18H13FN6O2. The molecule has 1 amide bonds. The molecule has 8 nitrogen and oxygen atoms in total. The van der Waals surface area contributed by atoms with E-state index in [4.69, 9.17) is 4.74 Å². The summed E-state index contributed by atoms with van der Waals surface area (Å²) in [4.78, 5) is 20.6. The van der Waals surface area contributed by atoms with Crippen molar-refractivity contribution >= 4 is 17.4 Å². The van der Waals surface area contributed by atoms with Gasteiger partial charge in [0.05, 0.1) is 24.2 Å². The van der Waals surface area contributed by atoms with Crippen LogP contribution in [0, 0.1) is 12.7 Å². The van der Waals surface area contributed by atoms with Gasteiger partial charge in [-0.15, -0.1) is 10.2 Å². The summed E-state index contributed by atoms with van der Waals surface area (Å²) in [7, 11) is 0. The first-order valence-electron chi connectivity index (χ1n) is 7.94. The summed E-state index contributed by atoms with van der Waals surface area (Å²) in [5.41, 5.74) is 1.56. The standard InChI is InChI=1S/C18H13FN6O2/c1-11-2-3-16(21-6-11)23-18(26)15-5-14(9-25-10-22-24-17(15)25)27-13-4-12(19)7-20-8-13/h2-10H,1H3,(H,21,23,26). The molecule has 0 aliphatic heterocycles. The number of halogens is 1. The smallest absolute Gasteiger partial charge is 0.260 e. The molecule has 0 bridgehead atoms. The third kappa shape index (κ3) is 3.56. The Labute approximate surface area is 152 Å². The van der Waals surface area contributed by atoms with Crippen molar-refractivity contribution in [1.82, 2.24) is 24.6 Å². The van der Waals surface area contributed by atoms with E-state index in [9.17, 15) is 9.18 Å². The molecule has 27 heavy (non-hydrogen) atoms. The lowest BCUT2D eigenvalue weighted by atomic mass is 10.2. The van der Waals surface area contributed by atoms with Gasteiger partial charge in [-0.1, -0.05) is 6.07 Å². The highest BCUT2D eigenvalue weighted by Crippen LogP contribution is 2.24. The predicted molar refractivity (Wildman–Crippen MR) is 94.2 cm³/mol. The number of hydrogen-bond donors (Lipinski definition) is 1. The summed E-state index contributed by atoms with van der Waals surface area (Å²) < 4.78 is 20.5. The van der Waals surface area contributed by atoms with Gasteiger partial charge in [-0.05, 0) is 24.6 Å². The predicted octanol–water partition coefficient (Wildman–Crippen LogP) is 3.01. The lowest BCUT2D eigenvalue weighted by Gasteiger charge is -2.09. The van der Waals surface area contributed by atoms with Gasteiger partial charge in [0.25, 0.3) is 5.91 Å². The number of anilines is 1. The maximum atomic E-state index is 13.3. The lowest BCUT2D eigenvalue weighted by Crippen LogP contribution is -2.14. The molecule has 0 atom stereocenters. The molecule has 0 spiro atoms. The average molecular weight is 364 g/mol. The number of amides is 1. The molecule has 4 heterocycles. The van der Waals surface area contributed by atoms with E-state index >= 15 is 0 Å². The number of carbonyl (C=O) groups is 1.